The Morgan fingerprint density at radius 1 is 1.00 bits per heavy atom. The van der Waals surface area contributed by atoms with E-state index in [0.29, 0.717) is 0 Å². The van der Waals surface area contributed by atoms with E-state index in [1.165, 1.54) is 22.3 Å². The molecule has 0 fully saturated rings. The minimum atomic E-state index is 1.10. The zero-order valence-corrected chi connectivity index (χ0v) is 8.03. The first-order valence-corrected chi connectivity index (χ1v) is 5.08. The lowest BCUT2D eigenvalue weighted by Gasteiger charge is -2.20. The molecule has 0 N–H and O–H groups in total. The van der Waals surface area contributed by atoms with Crippen LogP contribution in [0.3, 0.4) is 0 Å². The van der Waals surface area contributed by atoms with Gasteiger partial charge in [0.2, 0.25) is 0 Å². The van der Waals surface area contributed by atoms with Gasteiger partial charge in [-0.25, -0.2) is 0 Å². The average molecular weight is 180 g/mol. The minimum absolute atomic E-state index is 1.10. The van der Waals surface area contributed by atoms with Crippen molar-refractivity contribution in [2.45, 2.75) is 12.8 Å². The van der Waals surface area contributed by atoms with Crippen LogP contribution in [0.25, 0.3) is 6.08 Å². The van der Waals surface area contributed by atoms with Gasteiger partial charge in [0.1, 0.15) is 0 Å². The summed E-state index contributed by atoms with van der Waals surface area (Å²) < 4.78 is 0. The van der Waals surface area contributed by atoms with E-state index in [1.807, 2.05) is 0 Å². The molecule has 0 aliphatic heterocycles. The maximum absolute atomic E-state index is 2.33. The van der Waals surface area contributed by atoms with Crippen molar-refractivity contribution in [1.29, 1.82) is 0 Å². The Morgan fingerprint density at radius 2 is 1.93 bits per heavy atom. The predicted molar refractivity (Wildman–Crippen MR) is 60.0 cm³/mol. The van der Waals surface area contributed by atoms with Crippen LogP contribution >= 0.6 is 0 Å². The van der Waals surface area contributed by atoms with Crippen molar-refractivity contribution < 1.29 is 0 Å². The van der Waals surface area contributed by atoms with Gasteiger partial charge in [-0.1, -0.05) is 48.6 Å². The van der Waals surface area contributed by atoms with Gasteiger partial charge in [-0.15, -0.1) is 0 Å². The van der Waals surface area contributed by atoms with Crippen molar-refractivity contribution in [3.8, 4) is 0 Å². The van der Waals surface area contributed by atoms with E-state index in [0.717, 1.165) is 12.8 Å². The van der Waals surface area contributed by atoms with Gasteiger partial charge >= 0.3 is 0 Å². The minimum Gasteiger partial charge on any atom is -0.0801 e. The van der Waals surface area contributed by atoms with Gasteiger partial charge < -0.3 is 0 Å². The summed E-state index contributed by atoms with van der Waals surface area (Å²) in [4.78, 5) is 0. The molecule has 0 saturated carbocycles. The summed E-state index contributed by atoms with van der Waals surface area (Å²) >= 11 is 0. The van der Waals surface area contributed by atoms with Crippen LogP contribution in [0.5, 0.6) is 0 Å². The topological polar surface area (TPSA) is 0 Å². The van der Waals surface area contributed by atoms with Crippen molar-refractivity contribution >= 4 is 6.08 Å². The Kier molecular flexibility index (Phi) is 1.66. The number of fused-ring (bicyclic) bond motifs is 2. The zero-order chi connectivity index (χ0) is 9.38. The maximum atomic E-state index is 2.33. The third kappa shape index (κ3) is 1.15. The molecule has 0 heterocycles. The van der Waals surface area contributed by atoms with Crippen LogP contribution in [-0.2, 0) is 6.42 Å². The molecule has 2 aliphatic carbocycles. The summed E-state index contributed by atoms with van der Waals surface area (Å²) in [6.45, 7) is 0. The molecular formula is C14H12. The monoisotopic (exact) mass is 180 g/mol. The number of hydrogen-bond acceptors (Lipinski definition) is 0. The predicted octanol–water partition coefficient (Wildman–Crippen LogP) is 3.51. The van der Waals surface area contributed by atoms with Gasteiger partial charge in [-0.2, -0.15) is 0 Å². The highest BCUT2D eigenvalue weighted by Gasteiger charge is 2.14. The summed E-state index contributed by atoms with van der Waals surface area (Å²) in [7, 11) is 0. The zero-order valence-electron chi connectivity index (χ0n) is 8.03. The first kappa shape index (κ1) is 7.81. The molecule has 14 heavy (non-hydrogen) atoms. The van der Waals surface area contributed by atoms with E-state index in [-0.39, 0.29) is 0 Å². The molecule has 3 rings (SSSR count). The van der Waals surface area contributed by atoms with Crippen molar-refractivity contribution in [3.05, 3.63) is 64.8 Å². The van der Waals surface area contributed by atoms with Gasteiger partial charge in [0, 0.05) is 0 Å². The van der Waals surface area contributed by atoms with Crippen molar-refractivity contribution in [3.63, 3.8) is 0 Å². The highest BCUT2D eigenvalue weighted by molar-refractivity contribution is 5.67. The summed E-state index contributed by atoms with van der Waals surface area (Å²) in [5, 5.41) is 0. The second kappa shape index (κ2) is 2.98. The largest absolute Gasteiger partial charge is 0.0801 e. The number of allylic oxidation sites excluding steroid dienone is 5. The van der Waals surface area contributed by atoms with Crippen LogP contribution in [0.1, 0.15) is 17.5 Å². The molecule has 1 aromatic rings. The molecule has 0 nitrogen and oxygen atoms in total. The highest BCUT2D eigenvalue weighted by atomic mass is 14.2. The Bertz CT molecular complexity index is 459. The summed E-state index contributed by atoms with van der Waals surface area (Å²) in [5.74, 6) is 0. The van der Waals surface area contributed by atoms with Gasteiger partial charge in [-0.05, 0) is 35.1 Å². The lowest BCUT2D eigenvalue weighted by atomic mass is 9.85. The SMILES string of the molecule is C1=CCC2=Cc3ccccc3CC2=C1. The highest BCUT2D eigenvalue weighted by Crippen LogP contribution is 2.31. The molecule has 0 atom stereocenters. The van der Waals surface area contributed by atoms with E-state index in [9.17, 15) is 0 Å². The number of benzene rings is 1. The van der Waals surface area contributed by atoms with Gasteiger partial charge in [0.25, 0.3) is 0 Å². The van der Waals surface area contributed by atoms with Gasteiger partial charge in [0.05, 0.1) is 0 Å². The lowest BCUT2D eigenvalue weighted by Crippen LogP contribution is -2.04. The van der Waals surface area contributed by atoms with Crippen LogP contribution in [0.2, 0.25) is 0 Å². The van der Waals surface area contributed by atoms with E-state index in [4.69, 9.17) is 0 Å². The Morgan fingerprint density at radius 3 is 2.93 bits per heavy atom. The molecular weight excluding hydrogens is 168 g/mol. The van der Waals surface area contributed by atoms with Crippen LogP contribution in [-0.4, -0.2) is 0 Å². The fourth-order valence-corrected chi connectivity index (χ4v) is 2.17. The maximum Gasteiger partial charge on any atom is -0.00170 e. The molecule has 0 unspecified atom stereocenters. The standard InChI is InChI=1S/C14H12/c1-2-6-12-10-14-8-4-3-7-13(14)9-11(12)5-1/h1-7,10H,8-9H2. The first-order chi connectivity index (χ1) is 6.93. The Labute approximate surface area is 84.3 Å². The van der Waals surface area contributed by atoms with Crippen LogP contribution in [0.15, 0.2) is 53.6 Å². The second-order valence-electron chi connectivity index (χ2n) is 3.87. The van der Waals surface area contributed by atoms with Crippen molar-refractivity contribution in [2.24, 2.45) is 0 Å². The van der Waals surface area contributed by atoms with Crippen LogP contribution in [0.4, 0.5) is 0 Å². The third-order valence-electron chi connectivity index (χ3n) is 2.95. The molecule has 0 heteroatoms. The number of rotatable bonds is 0. The second-order valence-corrected chi connectivity index (χ2v) is 3.87. The van der Waals surface area contributed by atoms with E-state index < -0.39 is 0 Å². The quantitative estimate of drug-likeness (QED) is 0.573. The number of hydrogen-bond donors (Lipinski definition) is 0. The fourth-order valence-electron chi connectivity index (χ4n) is 2.17. The van der Waals surface area contributed by atoms with Crippen LogP contribution < -0.4 is 0 Å². The molecule has 1 aromatic carbocycles. The normalized spacial score (nSPS) is 18.0. The summed E-state index contributed by atoms with van der Waals surface area (Å²) in [6, 6.07) is 8.67. The average Bonchev–Trinajstić information content (AvgIpc) is 2.26. The molecule has 0 spiro atoms. The van der Waals surface area contributed by atoms with Crippen molar-refractivity contribution in [2.75, 3.05) is 0 Å². The Balaban J connectivity index is 2.15. The van der Waals surface area contributed by atoms with Crippen LogP contribution in [0, 0.1) is 0 Å². The first-order valence-electron chi connectivity index (χ1n) is 5.08. The smallest absolute Gasteiger partial charge is 0.00170 e. The lowest BCUT2D eigenvalue weighted by molar-refractivity contribution is 1.07. The molecule has 0 radical (unpaired) electrons. The van der Waals surface area contributed by atoms with Gasteiger partial charge in [0.15, 0.2) is 0 Å². The molecule has 0 amide bonds. The third-order valence-corrected chi connectivity index (χ3v) is 2.95. The van der Waals surface area contributed by atoms with Gasteiger partial charge in [-0.3, -0.25) is 0 Å². The van der Waals surface area contributed by atoms with E-state index in [1.54, 1.807) is 0 Å². The Hall–Kier alpha value is -1.56. The molecule has 0 bridgehead atoms. The van der Waals surface area contributed by atoms with E-state index >= 15 is 0 Å². The molecule has 0 aromatic heterocycles. The molecule has 68 valence electrons. The van der Waals surface area contributed by atoms with Crippen molar-refractivity contribution in [1.82, 2.24) is 0 Å². The molecule has 2 aliphatic rings. The summed E-state index contributed by atoms with van der Waals surface area (Å²) in [6.07, 6.45) is 11.2. The fraction of sp³-hybridized carbons (Fsp3) is 0.143. The van der Waals surface area contributed by atoms with E-state index in [2.05, 4.69) is 48.6 Å². The molecule has 0 saturated heterocycles. The summed E-state index contributed by atoms with van der Waals surface area (Å²) in [5.41, 5.74) is 5.84.